The monoisotopic (exact) mass is 217 g/mol. The van der Waals surface area contributed by atoms with Gasteiger partial charge in [0, 0.05) is 17.8 Å². The van der Waals surface area contributed by atoms with E-state index in [0.717, 1.165) is 11.8 Å². The summed E-state index contributed by atoms with van der Waals surface area (Å²) in [6.07, 6.45) is 7.25. The van der Waals surface area contributed by atoms with Gasteiger partial charge in [0.15, 0.2) is 0 Å². The van der Waals surface area contributed by atoms with Crippen molar-refractivity contribution in [2.75, 3.05) is 0 Å². The molecular formula is C15H23N. The Morgan fingerprint density at radius 1 is 1.19 bits per heavy atom. The predicted octanol–water partition coefficient (Wildman–Crippen LogP) is 4.36. The highest BCUT2D eigenvalue weighted by Crippen LogP contribution is 2.46. The zero-order chi connectivity index (χ0) is 11.7. The molecule has 88 valence electrons. The van der Waals surface area contributed by atoms with E-state index in [-0.39, 0.29) is 0 Å². The van der Waals surface area contributed by atoms with Crippen molar-refractivity contribution in [3.05, 3.63) is 23.4 Å². The molecule has 2 rings (SSSR count). The number of allylic oxidation sites excluding steroid dienone is 3. The first-order valence-electron chi connectivity index (χ1n) is 6.57. The molecule has 0 bridgehead atoms. The molecular weight excluding hydrogens is 194 g/mol. The van der Waals surface area contributed by atoms with E-state index in [0.29, 0.717) is 5.92 Å². The molecule has 0 aliphatic heterocycles. The highest BCUT2D eigenvalue weighted by Gasteiger charge is 2.34. The van der Waals surface area contributed by atoms with Gasteiger partial charge in [-0.15, -0.1) is 0 Å². The highest BCUT2D eigenvalue weighted by molar-refractivity contribution is 5.57. The van der Waals surface area contributed by atoms with E-state index in [9.17, 15) is 0 Å². The minimum Gasteiger partial charge on any atom is -0.265 e. The summed E-state index contributed by atoms with van der Waals surface area (Å²) in [7, 11) is 0. The first kappa shape index (κ1) is 11.6. The van der Waals surface area contributed by atoms with Crippen LogP contribution in [0, 0.1) is 17.8 Å². The Hall–Kier alpha value is -0.850. The fourth-order valence-electron chi connectivity index (χ4n) is 2.37. The Kier molecular flexibility index (Phi) is 3.32. The fourth-order valence-corrected chi connectivity index (χ4v) is 2.37. The molecule has 16 heavy (non-hydrogen) atoms. The normalized spacial score (nSPS) is 22.8. The van der Waals surface area contributed by atoms with Gasteiger partial charge in [0.25, 0.3) is 0 Å². The lowest BCUT2D eigenvalue weighted by Crippen LogP contribution is -2.04. The molecule has 0 spiro atoms. The fraction of sp³-hybridized carbons (Fsp3) is 0.667. The summed E-state index contributed by atoms with van der Waals surface area (Å²) in [4.78, 5) is 4.63. The zero-order valence-electron chi connectivity index (χ0n) is 10.8. The Morgan fingerprint density at radius 3 is 2.12 bits per heavy atom. The molecule has 0 atom stereocenters. The van der Waals surface area contributed by atoms with Gasteiger partial charge >= 0.3 is 0 Å². The van der Waals surface area contributed by atoms with E-state index in [4.69, 9.17) is 0 Å². The summed E-state index contributed by atoms with van der Waals surface area (Å²) in [6.45, 7) is 10.9. The number of rotatable bonds is 5. The lowest BCUT2D eigenvalue weighted by Gasteiger charge is -2.18. The smallest absolute Gasteiger partial charge is 0.0467 e. The summed E-state index contributed by atoms with van der Waals surface area (Å²) in [5, 5.41) is 0. The second-order valence-corrected chi connectivity index (χ2v) is 5.41. The van der Waals surface area contributed by atoms with Crippen LogP contribution in [-0.4, -0.2) is 6.21 Å². The van der Waals surface area contributed by atoms with E-state index in [1.54, 1.807) is 0 Å². The van der Waals surface area contributed by atoms with Crippen molar-refractivity contribution in [1.82, 2.24) is 0 Å². The van der Waals surface area contributed by atoms with Crippen LogP contribution < -0.4 is 0 Å². The molecule has 1 heteroatoms. The van der Waals surface area contributed by atoms with Gasteiger partial charge in [-0.1, -0.05) is 20.4 Å². The number of aliphatic imine (C=N–C) groups is 1. The highest BCUT2D eigenvalue weighted by atomic mass is 14.8. The van der Waals surface area contributed by atoms with Crippen LogP contribution in [0.1, 0.15) is 46.5 Å². The van der Waals surface area contributed by atoms with Crippen LogP contribution in [0.4, 0.5) is 0 Å². The summed E-state index contributed by atoms with van der Waals surface area (Å²) in [6, 6.07) is 0. The van der Waals surface area contributed by atoms with E-state index >= 15 is 0 Å². The predicted molar refractivity (Wildman–Crippen MR) is 70.6 cm³/mol. The molecule has 0 radical (unpaired) electrons. The molecule has 0 aromatic heterocycles. The molecule has 2 aliphatic rings. The standard InChI is InChI=1S/C15H23N/c1-5-16-15(13-8-9-13)14(10(2)3)11(4)12-6-7-12/h5,10,12-13H,4,6-9H2,1-3H3/b15-14-,16-5-. The van der Waals surface area contributed by atoms with Crippen molar-refractivity contribution in [3.63, 3.8) is 0 Å². The van der Waals surface area contributed by atoms with Crippen LogP contribution in [0.3, 0.4) is 0 Å². The third-order valence-electron chi connectivity index (χ3n) is 3.50. The Labute approximate surface area is 99.4 Å². The quantitative estimate of drug-likeness (QED) is 0.479. The van der Waals surface area contributed by atoms with Crippen molar-refractivity contribution >= 4 is 6.21 Å². The van der Waals surface area contributed by atoms with Crippen LogP contribution in [0.2, 0.25) is 0 Å². The largest absolute Gasteiger partial charge is 0.265 e. The minimum atomic E-state index is 0.562. The van der Waals surface area contributed by atoms with Crippen LogP contribution in [-0.2, 0) is 0 Å². The topological polar surface area (TPSA) is 12.4 Å². The van der Waals surface area contributed by atoms with E-state index < -0.39 is 0 Å². The number of hydrogen-bond donors (Lipinski definition) is 0. The lowest BCUT2D eigenvalue weighted by atomic mass is 9.90. The van der Waals surface area contributed by atoms with E-state index in [1.807, 2.05) is 13.1 Å². The second-order valence-electron chi connectivity index (χ2n) is 5.41. The van der Waals surface area contributed by atoms with Gasteiger partial charge in [0.2, 0.25) is 0 Å². The van der Waals surface area contributed by atoms with Crippen LogP contribution in [0.5, 0.6) is 0 Å². The Balaban J connectivity index is 2.32. The van der Waals surface area contributed by atoms with Crippen molar-refractivity contribution in [1.29, 1.82) is 0 Å². The zero-order valence-corrected chi connectivity index (χ0v) is 10.8. The third-order valence-corrected chi connectivity index (χ3v) is 3.50. The number of hydrogen-bond acceptors (Lipinski definition) is 1. The second kappa shape index (κ2) is 4.57. The minimum absolute atomic E-state index is 0.562. The molecule has 0 aromatic rings. The number of nitrogens with zero attached hydrogens (tertiary/aromatic N) is 1. The SMILES string of the molecule is C=C(/C(=C(\N=C/C)C1CC1)C(C)C)C1CC1. The van der Waals surface area contributed by atoms with Gasteiger partial charge in [-0.2, -0.15) is 0 Å². The third kappa shape index (κ3) is 2.45. The molecule has 2 saturated carbocycles. The molecule has 0 aromatic carbocycles. The Morgan fingerprint density at radius 2 is 1.75 bits per heavy atom. The van der Waals surface area contributed by atoms with E-state index in [1.165, 1.54) is 42.5 Å². The van der Waals surface area contributed by atoms with Gasteiger partial charge in [-0.3, -0.25) is 4.99 Å². The van der Waals surface area contributed by atoms with E-state index in [2.05, 4.69) is 25.4 Å². The molecule has 1 nitrogen and oxygen atoms in total. The average molecular weight is 217 g/mol. The maximum absolute atomic E-state index is 4.63. The van der Waals surface area contributed by atoms with Gasteiger partial charge in [0.1, 0.15) is 0 Å². The summed E-state index contributed by atoms with van der Waals surface area (Å²) < 4.78 is 0. The van der Waals surface area contributed by atoms with Gasteiger partial charge in [-0.25, -0.2) is 0 Å². The summed E-state index contributed by atoms with van der Waals surface area (Å²) in [5.74, 6) is 2.05. The van der Waals surface area contributed by atoms with Gasteiger partial charge < -0.3 is 0 Å². The molecule has 2 fully saturated rings. The molecule has 0 saturated heterocycles. The average Bonchev–Trinajstić information content (AvgIpc) is 3.07. The molecule has 0 unspecified atom stereocenters. The Bertz CT molecular complexity index is 338. The molecule has 0 heterocycles. The van der Waals surface area contributed by atoms with Crippen LogP contribution >= 0.6 is 0 Å². The van der Waals surface area contributed by atoms with Crippen molar-refractivity contribution in [2.24, 2.45) is 22.7 Å². The first-order chi connectivity index (χ1) is 7.65. The maximum Gasteiger partial charge on any atom is 0.0467 e. The first-order valence-corrected chi connectivity index (χ1v) is 6.57. The van der Waals surface area contributed by atoms with Crippen LogP contribution in [0.25, 0.3) is 0 Å². The van der Waals surface area contributed by atoms with Gasteiger partial charge in [0.05, 0.1) is 0 Å². The molecule has 0 N–H and O–H groups in total. The molecule has 0 amide bonds. The van der Waals surface area contributed by atoms with Crippen LogP contribution in [0.15, 0.2) is 28.4 Å². The van der Waals surface area contributed by atoms with Crippen molar-refractivity contribution < 1.29 is 0 Å². The molecule has 2 aliphatic carbocycles. The maximum atomic E-state index is 4.63. The summed E-state index contributed by atoms with van der Waals surface area (Å²) >= 11 is 0. The lowest BCUT2D eigenvalue weighted by molar-refractivity contribution is 0.727. The summed E-state index contributed by atoms with van der Waals surface area (Å²) in [5.41, 5.74) is 4.18. The van der Waals surface area contributed by atoms with Gasteiger partial charge in [-0.05, 0) is 55.6 Å². The van der Waals surface area contributed by atoms with Crippen molar-refractivity contribution in [3.8, 4) is 0 Å². The van der Waals surface area contributed by atoms with Crippen molar-refractivity contribution in [2.45, 2.75) is 46.5 Å².